The SMILES string of the molecule is CCCCC(CCCC)C12C(C)C1CC1CCCC12. The topological polar surface area (TPSA) is 0 Å². The molecule has 0 N–H and O–H groups in total. The third-order valence-electron chi connectivity index (χ3n) is 7.30. The summed E-state index contributed by atoms with van der Waals surface area (Å²) in [6, 6.07) is 0. The van der Waals surface area contributed by atoms with Crippen LogP contribution in [-0.2, 0) is 0 Å². The fourth-order valence-corrected chi connectivity index (χ4v) is 6.55. The lowest BCUT2D eigenvalue weighted by Crippen LogP contribution is -2.27. The van der Waals surface area contributed by atoms with Gasteiger partial charge in [0.15, 0.2) is 0 Å². The van der Waals surface area contributed by atoms with Crippen molar-refractivity contribution < 1.29 is 0 Å². The van der Waals surface area contributed by atoms with Crippen molar-refractivity contribution in [1.29, 1.82) is 0 Å². The van der Waals surface area contributed by atoms with Gasteiger partial charge in [-0.3, -0.25) is 0 Å². The Balaban J connectivity index is 1.75. The molecule has 0 bridgehead atoms. The third kappa shape index (κ3) is 2.00. The Bertz CT molecular complexity index is 299. The Morgan fingerprint density at radius 2 is 1.68 bits per heavy atom. The maximum atomic E-state index is 2.60. The van der Waals surface area contributed by atoms with Gasteiger partial charge >= 0.3 is 0 Å². The lowest BCUT2D eigenvalue weighted by molar-refractivity contribution is 0.147. The molecule has 5 atom stereocenters. The van der Waals surface area contributed by atoms with E-state index in [9.17, 15) is 0 Å². The smallest absolute Gasteiger partial charge is 0.0179 e. The summed E-state index contributed by atoms with van der Waals surface area (Å²) >= 11 is 0. The molecule has 0 heteroatoms. The molecule has 3 fully saturated rings. The molecule has 0 aliphatic heterocycles. The van der Waals surface area contributed by atoms with E-state index in [1.54, 1.807) is 38.5 Å². The zero-order chi connectivity index (χ0) is 13.5. The van der Waals surface area contributed by atoms with Crippen molar-refractivity contribution in [2.45, 2.75) is 85.0 Å². The van der Waals surface area contributed by atoms with Crippen molar-refractivity contribution >= 4 is 0 Å². The van der Waals surface area contributed by atoms with Gasteiger partial charge in [0.2, 0.25) is 0 Å². The zero-order valence-electron chi connectivity index (χ0n) is 13.5. The molecule has 19 heavy (non-hydrogen) atoms. The van der Waals surface area contributed by atoms with Crippen molar-refractivity contribution in [3.63, 3.8) is 0 Å². The van der Waals surface area contributed by atoms with Crippen LogP contribution >= 0.6 is 0 Å². The van der Waals surface area contributed by atoms with E-state index in [2.05, 4.69) is 20.8 Å². The maximum absolute atomic E-state index is 2.60. The van der Waals surface area contributed by atoms with Crippen molar-refractivity contribution in [3.8, 4) is 0 Å². The number of hydrogen-bond acceptors (Lipinski definition) is 0. The Kier molecular flexibility index (Phi) is 3.98. The summed E-state index contributed by atoms with van der Waals surface area (Å²) in [6.07, 6.45) is 15.1. The van der Waals surface area contributed by atoms with Crippen LogP contribution in [0, 0.1) is 35.0 Å². The van der Waals surface area contributed by atoms with Gasteiger partial charge in [-0.2, -0.15) is 0 Å². The summed E-state index contributed by atoms with van der Waals surface area (Å²) in [6.45, 7) is 7.34. The molecule has 0 aromatic heterocycles. The van der Waals surface area contributed by atoms with Crippen molar-refractivity contribution in [2.75, 3.05) is 0 Å². The monoisotopic (exact) mass is 262 g/mol. The Morgan fingerprint density at radius 3 is 2.32 bits per heavy atom. The molecule has 0 heterocycles. The largest absolute Gasteiger partial charge is 0.0654 e. The molecule has 3 rings (SSSR count). The van der Waals surface area contributed by atoms with E-state index in [1.165, 1.54) is 25.7 Å². The van der Waals surface area contributed by atoms with E-state index in [1.807, 2.05) is 0 Å². The molecule has 0 saturated heterocycles. The predicted octanol–water partition coefficient (Wildman–Crippen LogP) is 6.06. The number of unbranched alkanes of at least 4 members (excludes halogenated alkanes) is 2. The predicted molar refractivity (Wildman–Crippen MR) is 83.1 cm³/mol. The first-order valence-electron chi connectivity index (χ1n) is 9.26. The van der Waals surface area contributed by atoms with Crippen molar-refractivity contribution in [1.82, 2.24) is 0 Å². The lowest BCUT2D eigenvalue weighted by Gasteiger charge is -2.34. The molecule has 0 aromatic rings. The summed E-state index contributed by atoms with van der Waals surface area (Å²) in [4.78, 5) is 0. The minimum Gasteiger partial charge on any atom is -0.0654 e. The van der Waals surface area contributed by atoms with Gasteiger partial charge in [0.1, 0.15) is 0 Å². The molecule has 110 valence electrons. The van der Waals surface area contributed by atoms with Crippen LogP contribution in [0.25, 0.3) is 0 Å². The average Bonchev–Trinajstić information content (AvgIpc) is 2.79. The van der Waals surface area contributed by atoms with Crippen LogP contribution in [0.3, 0.4) is 0 Å². The first-order chi connectivity index (χ1) is 9.26. The first-order valence-corrected chi connectivity index (χ1v) is 9.26. The maximum Gasteiger partial charge on any atom is -0.0179 e. The molecule has 0 nitrogen and oxygen atoms in total. The standard InChI is InChI=1S/C19H34/c1-4-6-10-16(11-7-5-2)19-14(3)18(19)13-15-9-8-12-17(15)19/h14-18H,4-13H2,1-3H3. The molecule has 0 amide bonds. The highest BCUT2D eigenvalue weighted by molar-refractivity contribution is 5.21. The number of fused-ring (bicyclic) bond motifs is 3. The third-order valence-corrected chi connectivity index (χ3v) is 7.30. The summed E-state index contributed by atoms with van der Waals surface area (Å²) in [7, 11) is 0. The van der Waals surface area contributed by atoms with E-state index in [4.69, 9.17) is 0 Å². The Labute approximate surface area is 120 Å². The second-order valence-electron chi connectivity index (χ2n) is 7.91. The van der Waals surface area contributed by atoms with Gasteiger partial charge < -0.3 is 0 Å². The van der Waals surface area contributed by atoms with Gasteiger partial charge in [-0.15, -0.1) is 0 Å². The highest BCUT2D eigenvalue weighted by Gasteiger charge is 2.73. The highest BCUT2D eigenvalue weighted by atomic mass is 14.8. The van der Waals surface area contributed by atoms with Gasteiger partial charge in [0.05, 0.1) is 0 Å². The lowest BCUT2D eigenvalue weighted by atomic mass is 9.71. The van der Waals surface area contributed by atoms with Crippen LogP contribution in [0.15, 0.2) is 0 Å². The van der Waals surface area contributed by atoms with E-state index >= 15 is 0 Å². The second-order valence-corrected chi connectivity index (χ2v) is 7.91. The minimum atomic E-state index is 0.839. The Hall–Kier alpha value is 0. The van der Waals surface area contributed by atoms with Crippen LogP contribution in [0.1, 0.15) is 85.0 Å². The van der Waals surface area contributed by atoms with Crippen LogP contribution in [-0.4, -0.2) is 0 Å². The van der Waals surface area contributed by atoms with Crippen LogP contribution in [0.5, 0.6) is 0 Å². The van der Waals surface area contributed by atoms with Gasteiger partial charge in [-0.25, -0.2) is 0 Å². The van der Waals surface area contributed by atoms with E-state index in [-0.39, 0.29) is 0 Å². The number of hydrogen-bond donors (Lipinski definition) is 0. The summed E-state index contributed by atoms with van der Waals surface area (Å²) < 4.78 is 0. The minimum absolute atomic E-state index is 0.839. The fraction of sp³-hybridized carbons (Fsp3) is 1.00. The van der Waals surface area contributed by atoms with Crippen LogP contribution in [0.2, 0.25) is 0 Å². The molecule has 0 spiro atoms. The van der Waals surface area contributed by atoms with Crippen molar-refractivity contribution in [3.05, 3.63) is 0 Å². The van der Waals surface area contributed by atoms with E-state index < -0.39 is 0 Å². The van der Waals surface area contributed by atoms with Gasteiger partial charge in [-0.05, 0) is 60.7 Å². The molecule has 3 aliphatic rings. The molecule has 0 radical (unpaired) electrons. The van der Waals surface area contributed by atoms with Gasteiger partial charge in [-0.1, -0.05) is 59.3 Å². The van der Waals surface area contributed by atoms with Gasteiger partial charge in [0.25, 0.3) is 0 Å². The molecular weight excluding hydrogens is 228 g/mol. The number of rotatable bonds is 7. The zero-order valence-corrected chi connectivity index (χ0v) is 13.5. The normalized spacial score (nSPS) is 43.6. The fourth-order valence-electron chi connectivity index (χ4n) is 6.55. The van der Waals surface area contributed by atoms with Crippen molar-refractivity contribution in [2.24, 2.45) is 35.0 Å². The molecule has 3 aliphatic carbocycles. The second kappa shape index (κ2) is 5.41. The summed E-state index contributed by atoms with van der Waals surface area (Å²) in [5.74, 6) is 5.59. The van der Waals surface area contributed by atoms with Crippen LogP contribution < -0.4 is 0 Å². The highest BCUT2D eigenvalue weighted by Crippen LogP contribution is 2.79. The van der Waals surface area contributed by atoms with Crippen LogP contribution in [0.4, 0.5) is 0 Å². The first kappa shape index (κ1) is 14.0. The van der Waals surface area contributed by atoms with E-state index in [0.29, 0.717) is 0 Å². The molecule has 3 saturated carbocycles. The molecular formula is C19H34. The molecule has 0 aromatic carbocycles. The van der Waals surface area contributed by atoms with E-state index in [0.717, 1.165) is 35.0 Å². The molecule has 5 unspecified atom stereocenters. The quantitative estimate of drug-likeness (QED) is 0.523. The average molecular weight is 262 g/mol. The summed E-state index contributed by atoms with van der Waals surface area (Å²) in [5.41, 5.74) is 0.839. The Morgan fingerprint density at radius 1 is 1.00 bits per heavy atom. The summed E-state index contributed by atoms with van der Waals surface area (Å²) in [5, 5.41) is 0. The van der Waals surface area contributed by atoms with Gasteiger partial charge in [0, 0.05) is 0 Å².